The molecule has 0 radical (unpaired) electrons. The van der Waals surface area contributed by atoms with E-state index in [2.05, 4.69) is 29.5 Å². The summed E-state index contributed by atoms with van der Waals surface area (Å²) in [6, 6.07) is 4.34. The van der Waals surface area contributed by atoms with E-state index in [1.165, 1.54) is 12.0 Å². The number of carbonyl (C=O) groups excluding carboxylic acids is 1. The molecule has 1 saturated carbocycles. The molecule has 5 nitrogen and oxygen atoms in total. The molecule has 0 saturated heterocycles. The highest BCUT2D eigenvalue weighted by atomic mass is 35.5. The van der Waals surface area contributed by atoms with E-state index in [0.717, 1.165) is 29.9 Å². The first-order valence-electron chi connectivity index (χ1n) is 8.17. The minimum atomic E-state index is 0. The van der Waals surface area contributed by atoms with Gasteiger partial charge >= 0.3 is 0 Å². The molecule has 2 aromatic heterocycles. The first-order valence-corrected chi connectivity index (χ1v) is 9.32. The predicted octanol–water partition coefficient (Wildman–Crippen LogP) is 2.96. The van der Waals surface area contributed by atoms with Crippen molar-refractivity contribution in [1.82, 2.24) is 14.7 Å². The lowest BCUT2D eigenvalue weighted by molar-refractivity contribution is -0.119. The van der Waals surface area contributed by atoms with Crippen LogP contribution in [0.4, 0.5) is 0 Å². The number of fused-ring (bicyclic) bond motifs is 1. The first kappa shape index (κ1) is 22.1. The molecule has 2 aromatic rings. The average molecular weight is 405 g/mol. The molecule has 0 spiro atoms. The van der Waals surface area contributed by atoms with Gasteiger partial charge in [0.15, 0.2) is 0 Å². The van der Waals surface area contributed by atoms with Gasteiger partial charge in [-0.2, -0.15) is 0 Å². The molecule has 1 aliphatic rings. The lowest BCUT2D eigenvalue weighted by Crippen LogP contribution is -2.40. The fraction of sp³-hybridized carbons (Fsp3) is 0.529. The van der Waals surface area contributed by atoms with Crippen LogP contribution >= 0.6 is 36.6 Å². The first-order chi connectivity index (χ1) is 11.2. The molecule has 2 heterocycles. The SMILES string of the molecule is Cc1ccc2nc(CSCC(=O)NC3CCCC3CN)cn2c1.Cl.Cl. The number of thioether (sulfide) groups is 1. The van der Waals surface area contributed by atoms with Crippen LogP contribution in [0.5, 0.6) is 0 Å². The van der Waals surface area contributed by atoms with Crippen LogP contribution in [0.2, 0.25) is 0 Å². The number of hydrogen-bond acceptors (Lipinski definition) is 4. The largest absolute Gasteiger partial charge is 0.352 e. The number of aromatic nitrogens is 2. The summed E-state index contributed by atoms with van der Waals surface area (Å²) in [5.74, 6) is 1.78. The Labute approximate surface area is 165 Å². The second kappa shape index (κ2) is 10.3. The molecule has 25 heavy (non-hydrogen) atoms. The van der Waals surface area contributed by atoms with E-state index in [0.29, 0.717) is 18.2 Å². The van der Waals surface area contributed by atoms with Crippen LogP contribution in [0.25, 0.3) is 5.65 Å². The number of carbonyl (C=O) groups is 1. The smallest absolute Gasteiger partial charge is 0.230 e. The molecule has 1 amide bonds. The van der Waals surface area contributed by atoms with Crippen LogP contribution in [0, 0.1) is 12.8 Å². The quantitative estimate of drug-likeness (QED) is 0.775. The molecule has 2 unspecified atom stereocenters. The summed E-state index contributed by atoms with van der Waals surface area (Å²) in [6.45, 7) is 2.73. The van der Waals surface area contributed by atoms with E-state index in [1.807, 2.05) is 16.7 Å². The van der Waals surface area contributed by atoms with Crippen LogP contribution in [0.3, 0.4) is 0 Å². The molecule has 2 atom stereocenters. The van der Waals surface area contributed by atoms with Crippen molar-refractivity contribution in [3.8, 4) is 0 Å². The van der Waals surface area contributed by atoms with Gasteiger partial charge in [-0.25, -0.2) is 4.98 Å². The molecule has 3 rings (SSSR count). The third kappa shape index (κ3) is 5.78. The highest BCUT2D eigenvalue weighted by Crippen LogP contribution is 2.24. The Hall–Kier alpha value is -0.950. The number of rotatable bonds is 6. The Morgan fingerprint density at radius 3 is 2.92 bits per heavy atom. The van der Waals surface area contributed by atoms with Crippen LogP contribution in [-0.4, -0.2) is 33.6 Å². The monoisotopic (exact) mass is 404 g/mol. The van der Waals surface area contributed by atoms with Crippen molar-refractivity contribution >= 4 is 48.1 Å². The molecule has 1 aliphatic carbocycles. The van der Waals surface area contributed by atoms with Gasteiger partial charge in [-0.1, -0.05) is 12.5 Å². The predicted molar refractivity (Wildman–Crippen MR) is 109 cm³/mol. The van der Waals surface area contributed by atoms with Crippen LogP contribution in [0.15, 0.2) is 24.5 Å². The highest BCUT2D eigenvalue weighted by Gasteiger charge is 2.27. The van der Waals surface area contributed by atoms with Crippen molar-refractivity contribution in [2.75, 3.05) is 12.3 Å². The van der Waals surface area contributed by atoms with E-state index >= 15 is 0 Å². The maximum absolute atomic E-state index is 12.1. The number of aryl methyl sites for hydroxylation is 1. The van der Waals surface area contributed by atoms with Gasteiger partial charge < -0.3 is 15.5 Å². The molecular weight excluding hydrogens is 379 g/mol. The maximum atomic E-state index is 12.1. The summed E-state index contributed by atoms with van der Waals surface area (Å²) in [6.07, 6.45) is 7.46. The lowest BCUT2D eigenvalue weighted by Gasteiger charge is -2.19. The zero-order valence-electron chi connectivity index (χ0n) is 14.3. The van der Waals surface area contributed by atoms with Gasteiger partial charge in [0.2, 0.25) is 5.91 Å². The van der Waals surface area contributed by atoms with Gasteiger partial charge in [0.25, 0.3) is 0 Å². The third-order valence-corrected chi connectivity index (χ3v) is 5.41. The number of nitrogens with one attached hydrogen (secondary N) is 1. The second-order valence-corrected chi connectivity index (χ2v) is 7.28. The number of pyridine rings is 1. The minimum absolute atomic E-state index is 0. The van der Waals surface area contributed by atoms with Crippen LogP contribution < -0.4 is 11.1 Å². The summed E-state index contributed by atoms with van der Waals surface area (Å²) in [5, 5.41) is 3.13. The molecule has 8 heteroatoms. The zero-order valence-corrected chi connectivity index (χ0v) is 16.8. The van der Waals surface area contributed by atoms with Gasteiger partial charge in [-0.3, -0.25) is 4.79 Å². The Bertz CT molecular complexity index is 694. The van der Waals surface area contributed by atoms with E-state index in [-0.39, 0.29) is 36.8 Å². The van der Waals surface area contributed by atoms with E-state index in [4.69, 9.17) is 5.73 Å². The number of nitrogens with zero attached hydrogens (tertiary/aromatic N) is 2. The van der Waals surface area contributed by atoms with Gasteiger partial charge in [-0.05, 0) is 43.9 Å². The highest BCUT2D eigenvalue weighted by molar-refractivity contribution is 7.99. The Morgan fingerprint density at radius 2 is 2.16 bits per heavy atom. The van der Waals surface area contributed by atoms with E-state index in [9.17, 15) is 4.79 Å². The fourth-order valence-corrected chi connectivity index (χ4v) is 3.95. The Kier molecular flexibility index (Phi) is 9.07. The summed E-state index contributed by atoms with van der Waals surface area (Å²) in [5.41, 5.74) is 8.92. The summed E-state index contributed by atoms with van der Waals surface area (Å²) in [4.78, 5) is 16.6. The number of nitrogens with two attached hydrogens (primary N) is 1. The molecule has 1 fully saturated rings. The topological polar surface area (TPSA) is 72.4 Å². The summed E-state index contributed by atoms with van der Waals surface area (Å²) >= 11 is 1.61. The van der Waals surface area contributed by atoms with Gasteiger partial charge in [0.05, 0.1) is 11.4 Å². The summed E-state index contributed by atoms with van der Waals surface area (Å²) in [7, 11) is 0. The van der Waals surface area contributed by atoms with Crippen LogP contribution in [0.1, 0.15) is 30.5 Å². The molecule has 3 N–H and O–H groups in total. The fourth-order valence-electron chi connectivity index (χ4n) is 3.23. The van der Waals surface area contributed by atoms with Crippen molar-refractivity contribution in [2.45, 2.75) is 38.0 Å². The van der Waals surface area contributed by atoms with Gasteiger partial charge in [0, 0.05) is 24.2 Å². The lowest BCUT2D eigenvalue weighted by atomic mass is 10.0. The second-order valence-electron chi connectivity index (χ2n) is 6.30. The zero-order chi connectivity index (χ0) is 16.2. The van der Waals surface area contributed by atoms with Crippen molar-refractivity contribution in [2.24, 2.45) is 11.7 Å². The number of amides is 1. The van der Waals surface area contributed by atoms with Gasteiger partial charge in [-0.15, -0.1) is 36.6 Å². The number of hydrogen-bond donors (Lipinski definition) is 2. The number of halogens is 2. The van der Waals surface area contributed by atoms with Crippen molar-refractivity contribution in [3.63, 3.8) is 0 Å². The molecule has 0 bridgehead atoms. The maximum Gasteiger partial charge on any atom is 0.230 e. The minimum Gasteiger partial charge on any atom is -0.352 e. The van der Waals surface area contributed by atoms with Crippen molar-refractivity contribution in [3.05, 3.63) is 35.8 Å². The number of imidazole rings is 1. The van der Waals surface area contributed by atoms with Gasteiger partial charge in [0.1, 0.15) is 5.65 Å². The Balaban J connectivity index is 0.00000156. The Morgan fingerprint density at radius 1 is 1.36 bits per heavy atom. The van der Waals surface area contributed by atoms with Crippen molar-refractivity contribution in [1.29, 1.82) is 0 Å². The van der Waals surface area contributed by atoms with E-state index in [1.54, 1.807) is 11.8 Å². The van der Waals surface area contributed by atoms with Crippen molar-refractivity contribution < 1.29 is 4.79 Å². The third-order valence-electron chi connectivity index (χ3n) is 4.44. The average Bonchev–Trinajstić information content (AvgIpc) is 3.12. The molecule has 0 aromatic carbocycles. The van der Waals surface area contributed by atoms with Crippen LogP contribution in [-0.2, 0) is 10.5 Å². The molecular formula is C17H26Cl2N4OS. The molecule has 140 valence electrons. The molecule has 0 aliphatic heterocycles. The summed E-state index contributed by atoms with van der Waals surface area (Å²) < 4.78 is 2.04. The normalized spacial score (nSPS) is 19.3. The standard InChI is InChI=1S/C17H24N4OS.2ClH/c1-12-5-6-16-19-14(9-21(16)8-12)10-23-11-17(22)20-15-4-2-3-13(15)7-18;;/h5-6,8-9,13,15H,2-4,7,10-11,18H2,1H3,(H,20,22);2*1H. The van der Waals surface area contributed by atoms with E-state index < -0.39 is 0 Å².